The lowest BCUT2D eigenvalue weighted by molar-refractivity contribution is -0.129. The van der Waals surface area contributed by atoms with Crippen molar-refractivity contribution >= 4 is 77.4 Å². The van der Waals surface area contributed by atoms with Crippen LogP contribution in [-0.2, 0) is 33.2 Å². The summed E-state index contributed by atoms with van der Waals surface area (Å²) in [7, 11) is 1.44. The highest BCUT2D eigenvalue weighted by molar-refractivity contribution is 8.01. The molecule has 0 spiro atoms. The molecular formula is C28H36O11S4. The molecule has 238 valence electrons. The van der Waals surface area contributed by atoms with Gasteiger partial charge in [0.15, 0.2) is 0 Å². The van der Waals surface area contributed by atoms with Gasteiger partial charge in [0.2, 0.25) is 0 Å². The molecule has 2 aliphatic rings. The fourth-order valence-electron chi connectivity index (χ4n) is 3.93. The molecule has 0 aliphatic carbocycles. The Balaban J connectivity index is 1.99. The quantitative estimate of drug-likeness (QED) is 0.130. The molecular weight excluding hydrogens is 641 g/mol. The lowest BCUT2D eigenvalue weighted by atomic mass is 9.97. The van der Waals surface area contributed by atoms with Crippen LogP contribution >= 0.6 is 47.0 Å². The van der Waals surface area contributed by atoms with Crippen molar-refractivity contribution in [2.24, 2.45) is 0 Å². The smallest absolute Gasteiger partial charge is 0.339 e. The maximum absolute atomic E-state index is 13.6. The number of hydrogen-bond donors (Lipinski definition) is 0. The van der Waals surface area contributed by atoms with E-state index in [1.165, 1.54) is 7.11 Å². The third-order valence-corrected chi connectivity index (χ3v) is 10.7. The molecule has 0 N–H and O–H groups in total. The largest absolute Gasteiger partial charge is 0.464 e. The number of carbonyl (C=O) groups is 5. The van der Waals surface area contributed by atoms with E-state index < -0.39 is 36.1 Å². The number of thioether (sulfide) groups is 4. The Morgan fingerprint density at radius 2 is 1.05 bits per heavy atom. The molecule has 0 unspecified atom stereocenters. The van der Waals surface area contributed by atoms with Crippen LogP contribution in [0, 0.1) is 0 Å². The Morgan fingerprint density at radius 1 is 0.651 bits per heavy atom. The Kier molecular flexibility index (Phi) is 16.5. The Hall–Kier alpha value is -2.07. The number of methoxy groups -OCH3 is 1. The maximum atomic E-state index is 13.6. The van der Waals surface area contributed by atoms with Gasteiger partial charge >= 0.3 is 23.9 Å². The highest BCUT2D eigenvalue weighted by atomic mass is 32.2. The summed E-state index contributed by atoms with van der Waals surface area (Å²) in [5.41, 5.74) is -1.04. The van der Waals surface area contributed by atoms with Gasteiger partial charge in [0.1, 0.15) is 32.0 Å². The molecule has 2 saturated heterocycles. The van der Waals surface area contributed by atoms with Crippen LogP contribution in [0.1, 0.15) is 54.3 Å². The summed E-state index contributed by atoms with van der Waals surface area (Å²) in [5.74, 6) is 2.60. The molecule has 0 radical (unpaired) electrons. The zero-order chi connectivity index (χ0) is 30.9. The van der Waals surface area contributed by atoms with E-state index >= 15 is 0 Å². The molecule has 1 aromatic rings. The Bertz CT molecular complexity index is 1080. The standard InChI is InChI=1S/C28H36O11S4/c1-34-4-6-36-25(30)21-12-23(27(32)38-19-14-40-8-2-9-41-15-19)24(13-22(21)26(31)37-7-5-35-18-29)28(33)39-20-16-42-10-3-11-43-17-20/h12-13,18-20H,2-11,14-17H2,1H3. The molecule has 15 heteroatoms. The highest BCUT2D eigenvalue weighted by Crippen LogP contribution is 2.26. The number of hydrogen-bond acceptors (Lipinski definition) is 15. The van der Waals surface area contributed by atoms with E-state index in [-0.39, 0.29) is 55.2 Å². The monoisotopic (exact) mass is 676 g/mol. The zero-order valence-electron chi connectivity index (χ0n) is 23.9. The van der Waals surface area contributed by atoms with E-state index in [9.17, 15) is 24.0 Å². The second-order valence-electron chi connectivity index (χ2n) is 9.24. The van der Waals surface area contributed by atoms with Gasteiger partial charge in [-0.2, -0.15) is 47.0 Å². The molecule has 0 saturated carbocycles. The van der Waals surface area contributed by atoms with Gasteiger partial charge in [-0.25, -0.2) is 19.2 Å². The van der Waals surface area contributed by atoms with E-state index in [1.807, 2.05) is 0 Å². The van der Waals surface area contributed by atoms with Crippen molar-refractivity contribution in [2.45, 2.75) is 25.0 Å². The first-order valence-electron chi connectivity index (χ1n) is 13.7. The number of esters is 4. The lowest BCUT2D eigenvalue weighted by Gasteiger charge is -2.22. The molecule has 2 aliphatic heterocycles. The minimum atomic E-state index is -0.980. The van der Waals surface area contributed by atoms with Gasteiger partial charge in [-0.3, -0.25) is 4.79 Å². The van der Waals surface area contributed by atoms with E-state index in [0.29, 0.717) is 23.0 Å². The number of rotatable bonds is 13. The molecule has 0 bridgehead atoms. The molecule has 1 aromatic carbocycles. The third-order valence-electron chi connectivity index (χ3n) is 5.98. The van der Waals surface area contributed by atoms with Gasteiger partial charge in [-0.1, -0.05) is 0 Å². The first kappa shape index (κ1) is 35.4. The van der Waals surface area contributed by atoms with Crippen LogP contribution in [0.15, 0.2) is 12.1 Å². The predicted octanol–water partition coefficient (Wildman–Crippen LogP) is 3.61. The summed E-state index contributed by atoms with van der Waals surface area (Å²) in [6.45, 7) is -0.320. The first-order valence-corrected chi connectivity index (χ1v) is 18.4. The maximum Gasteiger partial charge on any atom is 0.339 e. The van der Waals surface area contributed by atoms with E-state index in [0.717, 1.165) is 48.0 Å². The van der Waals surface area contributed by atoms with Crippen LogP contribution in [-0.4, -0.2) is 122 Å². The van der Waals surface area contributed by atoms with Gasteiger partial charge in [-0.15, -0.1) is 0 Å². The number of carbonyl (C=O) groups excluding carboxylic acids is 5. The lowest BCUT2D eigenvalue weighted by Crippen LogP contribution is -2.29. The molecule has 0 atom stereocenters. The van der Waals surface area contributed by atoms with E-state index in [4.69, 9.17) is 23.7 Å². The Labute approximate surface area is 267 Å². The molecule has 2 heterocycles. The van der Waals surface area contributed by atoms with Gasteiger partial charge in [0.25, 0.3) is 6.47 Å². The fraction of sp³-hybridized carbons (Fsp3) is 0.607. The van der Waals surface area contributed by atoms with Crippen molar-refractivity contribution in [3.05, 3.63) is 34.4 Å². The topological polar surface area (TPSA) is 141 Å². The summed E-state index contributed by atoms with van der Waals surface area (Å²) < 4.78 is 31.5. The number of benzene rings is 1. The average molecular weight is 677 g/mol. The predicted molar refractivity (Wildman–Crippen MR) is 168 cm³/mol. The summed E-state index contributed by atoms with van der Waals surface area (Å²) in [6, 6.07) is 2.23. The molecule has 2 fully saturated rings. The van der Waals surface area contributed by atoms with Crippen LogP contribution in [0.2, 0.25) is 0 Å². The molecule has 3 rings (SSSR count). The van der Waals surface area contributed by atoms with Gasteiger partial charge < -0.3 is 28.4 Å². The average Bonchev–Trinajstić information content (AvgIpc) is 2.97. The normalized spacial score (nSPS) is 16.9. The molecule has 43 heavy (non-hydrogen) atoms. The molecule has 11 nitrogen and oxygen atoms in total. The Morgan fingerprint density at radius 3 is 1.44 bits per heavy atom. The van der Waals surface area contributed by atoms with Crippen molar-refractivity contribution < 1.29 is 52.4 Å². The van der Waals surface area contributed by atoms with E-state index in [1.54, 1.807) is 47.0 Å². The van der Waals surface area contributed by atoms with Crippen LogP contribution in [0.25, 0.3) is 0 Å². The van der Waals surface area contributed by atoms with Gasteiger partial charge in [0, 0.05) is 30.1 Å². The van der Waals surface area contributed by atoms with Crippen molar-refractivity contribution in [2.75, 3.05) is 79.6 Å². The minimum absolute atomic E-state index is 0.0995. The zero-order valence-corrected chi connectivity index (χ0v) is 27.2. The first-order chi connectivity index (χ1) is 20.9. The fourth-order valence-corrected chi connectivity index (χ4v) is 8.45. The number of ether oxygens (including phenoxy) is 6. The molecule has 0 amide bonds. The van der Waals surface area contributed by atoms with E-state index in [2.05, 4.69) is 4.74 Å². The van der Waals surface area contributed by atoms with Crippen molar-refractivity contribution in [3.8, 4) is 0 Å². The van der Waals surface area contributed by atoms with Gasteiger partial charge in [0.05, 0.1) is 28.9 Å². The second kappa shape index (κ2) is 20.1. The summed E-state index contributed by atoms with van der Waals surface area (Å²) in [6.07, 6.45) is 1.30. The summed E-state index contributed by atoms with van der Waals surface area (Å²) in [5, 5.41) is 0. The van der Waals surface area contributed by atoms with Crippen molar-refractivity contribution in [3.63, 3.8) is 0 Å². The van der Waals surface area contributed by atoms with Crippen LogP contribution in [0.5, 0.6) is 0 Å². The highest BCUT2D eigenvalue weighted by Gasteiger charge is 2.31. The summed E-state index contributed by atoms with van der Waals surface area (Å²) >= 11 is 6.72. The summed E-state index contributed by atoms with van der Waals surface area (Å²) in [4.78, 5) is 63.8. The van der Waals surface area contributed by atoms with Crippen LogP contribution in [0.3, 0.4) is 0 Å². The SMILES string of the molecule is COCCOC(=O)c1cc(C(=O)OC2CSCCCSC2)c(C(=O)OC2CSCCCSC2)cc1C(=O)OCCOC=O. The second-order valence-corrected chi connectivity index (χ2v) is 13.8. The van der Waals surface area contributed by atoms with Crippen LogP contribution in [0.4, 0.5) is 0 Å². The minimum Gasteiger partial charge on any atom is -0.464 e. The van der Waals surface area contributed by atoms with Crippen molar-refractivity contribution in [1.82, 2.24) is 0 Å². The van der Waals surface area contributed by atoms with Gasteiger partial charge in [-0.05, 0) is 48.0 Å². The van der Waals surface area contributed by atoms with Crippen molar-refractivity contribution in [1.29, 1.82) is 0 Å². The molecule has 0 aromatic heterocycles. The van der Waals surface area contributed by atoms with Crippen LogP contribution < -0.4 is 0 Å². The third kappa shape index (κ3) is 12.1.